The topological polar surface area (TPSA) is 57.0 Å². The smallest absolute Gasteiger partial charge is 0.416 e. The summed E-state index contributed by atoms with van der Waals surface area (Å²) in [5, 5.41) is 3.87. The number of ether oxygens (including phenoxy) is 1. The van der Waals surface area contributed by atoms with Crippen molar-refractivity contribution < 1.29 is 27.1 Å². The molecule has 0 spiro atoms. The van der Waals surface area contributed by atoms with Crippen molar-refractivity contribution in [3.63, 3.8) is 0 Å². The zero-order chi connectivity index (χ0) is 17.9. The monoisotopic (exact) mass is 343 g/mol. The van der Waals surface area contributed by atoms with E-state index >= 15 is 0 Å². The zero-order valence-electron chi connectivity index (χ0n) is 12.7. The Bertz CT molecular complexity index is 766. The van der Waals surface area contributed by atoms with Crippen LogP contribution in [0.1, 0.15) is 19.4 Å². The Hall–Kier alpha value is -2.71. The molecule has 0 amide bonds. The standard InChI is InChI=1S/C15H13F4N3O2/c1-9(2)24-13(23)3-4-22-8-20-14(21-22)10-5-11(15(17,18)19)7-12(16)6-10/h3-9H,1-2H3/b4-3-. The van der Waals surface area contributed by atoms with Gasteiger partial charge in [0.2, 0.25) is 0 Å². The van der Waals surface area contributed by atoms with Gasteiger partial charge < -0.3 is 4.74 Å². The van der Waals surface area contributed by atoms with Crippen LogP contribution in [-0.2, 0) is 15.7 Å². The average molecular weight is 343 g/mol. The van der Waals surface area contributed by atoms with Gasteiger partial charge >= 0.3 is 12.1 Å². The van der Waals surface area contributed by atoms with Crippen LogP contribution in [0.15, 0.2) is 30.6 Å². The number of rotatable bonds is 4. The van der Waals surface area contributed by atoms with Crippen LogP contribution in [0.4, 0.5) is 17.6 Å². The Morgan fingerprint density at radius 2 is 2.00 bits per heavy atom. The second-order valence-electron chi connectivity index (χ2n) is 5.08. The van der Waals surface area contributed by atoms with E-state index in [1.54, 1.807) is 13.8 Å². The minimum absolute atomic E-state index is 0.109. The van der Waals surface area contributed by atoms with E-state index in [2.05, 4.69) is 10.1 Å². The van der Waals surface area contributed by atoms with E-state index in [1.807, 2.05) is 0 Å². The summed E-state index contributed by atoms with van der Waals surface area (Å²) in [4.78, 5) is 15.2. The molecular formula is C15H13F4N3O2. The number of esters is 1. The number of alkyl halides is 3. The zero-order valence-corrected chi connectivity index (χ0v) is 12.7. The summed E-state index contributed by atoms with van der Waals surface area (Å²) in [5.41, 5.74) is -1.26. The van der Waals surface area contributed by atoms with Crippen molar-refractivity contribution in [2.24, 2.45) is 0 Å². The summed E-state index contributed by atoms with van der Waals surface area (Å²) in [6, 6.07) is 2.04. The summed E-state index contributed by atoms with van der Waals surface area (Å²) < 4.78 is 57.5. The Kier molecular flexibility index (Phi) is 5.01. The number of aromatic nitrogens is 3. The van der Waals surface area contributed by atoms with Crippen molar-refractivity contribution in [1.82, 2.24) is 14.8 Å². The maximum atomic E-state index is 13.4. The number of carbonyl (C=O) groups is 1. The fourth-order valence-electron chi connectivity index (χ4n) is 1.77. The van der Waals surface area contributed by atoms with Crippen molar-refractivity contribution in [3.8, 4) is 11.4 Å². The van der Waals surface area contributed by atoms with Crippen molar-refractivity contribution in [2.45, 2.75) is 26.1 Å². The van der Waals surface area contributed by atoms with Gasteiger partial charge in [0.25, 0.3) is 0 Å². The lowest BCUT2D eigenvalue weighted by molar-refractivity contribution is -0.141. The third kappa shape index (κ3) is 4.64. The maximum absolute atomic E-state index is 13.4. The lowest BCUT2D eigenvalue weighted by atomic mass is 10.1. The molecule has 128 valence electrons. The van der Waals surface area contributed by atoms with E-state index in [0.29, 0.717) is 6.07 Å². The van der Waals surface area contributed by atoms with E-state index < -0.39 is 23.5 Å². The number of hydrogen-bond acceptors (Lipinski definition) is 4. The van der Waals surface area contributed by atoms with Crippen LogP contribution in [-0.4, -0.2) is 26.8 Å². The molecule has 24 heavy (non-hydrogen) atoms. The summed E-state index contributed by atoms with van der Waals surface area (Å²) in [6.45, 7) is 3.36. The largest absolute Gasteiger partial charge is 0.460 e. The quantitative estimate of drug-likeness (QED) is 0.484. The molecule has 2 aromatic rings. The van der Waals surface area contributed by atoms with Crippen LogP contribution in [0.2, 0.25) is 0 Å². The van der Waals surface area contributed by atoms with Gasteiger partial charge in [0.1, 0.15) is 12.1 Å². The fraction of sp³-hybridized carbons (Fsp3) is 0.267. The molecule has 0 unspecified atom stereocenters. The van der Waals surface area contributed by atoms with E-state index in [1.165, 1.54) is 12.5 Å². The van der Waals surface area contributed by atoms with Crippen molar-refractivity contribution in [3.05, 3.63) is 42.0 Å². The molecule has 0 aliphatic carbocycles. The van der Waals surface area contributed by atoms with E-state index in [9.17, 15) is 22.4 Å². The maximum Gasteiger partial charge on any atom is 0.416 e. The summed E-state index contributed by atoms with van der Waals surface area (Å²) in [5.74, 6) is -1.76. The van der Waals surface area contributed by atoms with Gasteiger partial charge in [-0.1, -0.05) is 0 Å². The second kappa shape index (κ2) is 6.81. The molecule has 0 fully saturated rings. The summed E-state index contributed by atoms with van der Waals surface area (Å²) in [6.07, 6.45) is -1.48. The molecule has 0 atom stereocenters. The third-order valence-corrected chi connectivity index (χ3v) is 2.71. The van der Waals surface area contributed by atoms with Gasteiger partial charge in [-0.2, -0.15) is 13.2 Å². The van der Waals surface area contributed by atoms with Crippen molar-refractivity contribution in [1.29, 1.82) is 0 Å². The Labute approximate surface area is 134 Å². The van der Waals surface area contributed by atoms with Crippen LogP contribution in [0.25, 0.3) is 17.6 Å². The first kappa shape index (κ1) is 17.6. The average Bonchev–Trinajstić information content (AvgIpc) is 2.91. The number of nitrogens with zero attached hydrogens (tertiary/aromatic N) is 3. The number of hydrogen-bond donors (Lipinski definition) is 0. The van der Waals surface area contributed by atoms with Crippen LogP contribution >= 0.6 is 0 Å². The minimum atomic E-state index is -4.68. The Morgan fingerprint density at radius 3 is 2.62 bits per heavy atom. The van der Waals surface area contributed by atoms with Crippen LogP contribution < -0.4 is 0 Å². The summed E-state index contributed by atoms with van der Waals surface area (Å²) >= 11 is 0. The number of carbonyl (C=O) groups excluding carboxylic acids is 1. The summed E-state index contributed by atoms with van der Waals surface area (Å²) in [7, 11) is 0. The Balaban J connectivity index is 2.23. The van der Waals surface area contributed by atoms with Crippen LogP contribution in [0.5, 0.6) is 0 Å². The molecule has 0 saturated heterocycles. The normalized spacial score (nSPS) is 12.1. The predicted molar refractivity (Wildman–Crippen MR) is 77.0 cm³/mol. The van der Waals surface area contributed by atoms with E-state index in [4.69, 9.17) is 4.74 Å². The highest BCUT2D eigenvalue weighted by molar-refractivity contribution is 5.85. The first-order chi connectivity index (χ1) is 11.1. The Morgan fingerprint density at radius 1 is 1.29 bits per heavy atom. The third-order valence-electron chi connectivity index (χ3n) is 2.71. The molecule has 1 aromatic carbocycles. The predicted octanol–water partition coefficient (Wildman–Crippen LogP) is 3.53. The van der Waals surface area contributed by atoms with Gasteiger partial charge in [0.05, 0.1) is 11.7 Å². The number of benzene rings is 1. The molecule has 0 radical (unpaired) electrons. The molecule has 5 nitrogen and oxygen atoms in total. The number of halogens is 4. The van der Waals surface area contributed by atoms with Crippen molar-refractivity contribution >= 4 is 12.2 Å². The van der Waals surface area contributed by atoms with Crippen LogP contribution in [0, 0.1) is 5.82 Å². The van der Waals surface area contributed by atoms with Gasteiger partial charge in [-0.15, -0.1) is 5.10 Å². The van der Waals surface area contributed by atoms with E-state index in [-0.39, 0.29) is 17.5 Å². The van der Waals surface area contributed by atoms with Gasteiger partial charge in [-0.05, 0) is 32.0 Å². The fourth-order valence-corrected chi connectivity index (χ4v) is 1.77. The van der Waals surface area contributed by atoms with Gasteiger partial charge in [-0.3, -0.25) is 0 Å². The minimum Gasteiger partial charge on any atom is -0.460 e. The van der Waals surface area contributed by atoms with Crippen LogP contribution in [0.3, 0.4) is 0 Å². The molecule has 0 saturated carbocycles. The molecule has 1 aromatic heterocycles. The first-order valence-corrected chi connectivity index (χ1v) is 6.83. The highest BCUT2D eigenvalue weighted by Crippen LogP contribution is 2.32. The van der Waals surface area contributed by atoms with Gasteiger partial charge in [0, 0.05) is 17.8 Å². The molecule has 0 N–H and O–H groups in total. The first-order valence-electron chi connectivity index (χ1n) is 6.83. The lowest BCUT2D eigenvalue weighted by Gasteiger charge is -2.07. The molecular weight excluding hydrogens is 330 g/mol. The SMILES string of the molecule is CC(C)OC(=O)/C=C\n1cnc(-c2cc(F)cc(C(F)(F)F)c2)n1. The van der Waals surface area contributed by atoms with Gasteiger partial charge in [0.15, 0.2) is 5.82 Å². The van der Waals surface area contributed by atoms with Gasteiger partial charge in [-0.25, -0.2) is 18.9 Å². The molecule has 9 heteroatoms. The molecule has 0 bridgehead atoms. The van der Waals surface area contributed by atoms with E-state index in [0.717, 1.165) is 22.9 Å². The molecule has 0 aliphatic rings. The highest BCUT2D eigenvalue weighted by Gasteiger charge is 2.31. The molecule has 0 aliphatic heterocycles. The molecule has 2 rings (SSSR count). The molecule has 1 heterocycles. The second-order valence-corrected chi connectivity index (χ2v) is 5.08. The lowest BCUT2D eigenvalue weighted by Crippen LogP contribution is -2.08. The highest BCUT2D eigenvalue weighted by atomic mass is 19.4. The van der Waals surface area contributed by atoms with Crippen molar-refractivity contribution in [2.75, 3.05) is 0 Å².